The Balaban J connectivity index is 1.26. The highest BCUT2D eigenvalue weighted by atomic mass is 16.8. The Morgan fingerprint density at radius 3 is 2.86 bits per heavy atom. The van der Waals surface area contributed by atoms with Crippen LogP contribution in [-0.2, 0) is 21.3 Å². The molecule has 0 unspecified atom stereocenters. The third-order valence-corrected chi connectivity index (χ3v) is 7.59. The zero-order valence-electron chi connectivity index (χ0n) is 16.6. The van der Waals surface area contributed by atoms with E-state index >= 15 is 0 Å². The smallest absolute Gasteiger partial charge is 0.457 e. The normalized spacial score (nSPS) is 31.6. The lowest BCUT2D eigenvalue weighted by atomic mass is 9.53. The first kappa shape index (κ1) is 18.3. The van der Waals surface area contributed by atoms with Crippen LogP contribution in [0.1, 0.15) is 68.9 Å². The minimum Gasteiger partial charge on any atom is -0.457 e. The van der Waals surface area contributed by atoms with E-state index in [0.717, 1.165) is 50.3 Å². The third kappa shape index (κ3) is 3.28. The van der Waals surface area contributed by atoms with Crippen LogP contribution in [0, 0.1) is 5.92 Å². The second-order valence-corrected chi connectivity index (χ2v) is 9.02. The van der Waals surface area contributed by atoms with Gasteiger partial charge in [0.2, 0.25) is 6.79 Å². The van der Waals surface area contributed by atoms with Gasteiger partial charge in [0.15, 0.2) is 0 Å². The number of carbonyl (C=O) groups excluding carboxylic acids is 1. The molecular formula is C23H31NO4. The van der Waals surface area contributed by atoms with Crippen LogP contribution in [0.4, 0.5) is 4.79 Å². The minimum atomic E-state index is -0.614. The van der Waals surface area contributed by atoms with Gasteiger partial charge in [-0.15, -0.1) is 0 Å². The number of nitrogens with one attached hydrogen (secondary N) is 1. The van der Waals surface area contributed by atoms with Crippen LogP contribution in [0.25, 0.3) is 0 Å². The molecule has 0 radical (unpaired) electrons. The first-order chi connectivity index (χ1) is 13.7. The van der Waals surface area contributed by atoms with Crippen molar-refractivity contribution in [1.82, 2.24) is 5.32 Å². The zero-order chi connectivity index (χ0) is 19.0. The molecule has 1 aromatic rings. The second kappa shape index (κ2) is 7.58. The largest absolute Gasteiger partial charge is 0.511 e. The summed E-state index contributed by atoms with van der Waals surface area (Å²) in [6.45, 7) is 1.02. The summed E-state index contributed by atoms with van der Waals surface area (Å²) in [6, 6.07) is 7.08. The van der Waals surface area contributed by atoms with Crippen LogP contribution in [0.3, 0.4) is 0 Å². The quantitative estimate of drug-likeness (QED) is 0.612. The molecule has 28 heavy (non-hydrogen) atoms. The van der Waals surface area contributed by atoms with Gasteiger partial charge in [-0.1, -0.05) is 18.9 Å². The van der Waals surface area contributed by atoms with Crippen LogP contribution in [-0.4, -0.2) is 31.6 Å². The molecule has 1 aromatic carbocycles. The highest BCUT2D eigenvalue weighted by Gasteiger charge is 2.51. The fourth-order valence-corrected chi connectivity index (χ4v) is 6.32. The van der Waals surface area contributed by atoms with Crippen LogP contribution >= 0.6 is 0 Å². The fraction of sp³-hybridized carbons (Fsp3) is 0.696. The molecule has 1 N–H and O–H groups in total. The molecule has 2 saturated carbocycles. The second-order valence-electron chi connectivity index (χ2n) is 9.02. The van der Waals surface area contributed by atoms with Crippen molar-refractivity contribution in [2.45, 2.75) is 81.8 Å². The van der Waals surface area contributed by atoms with Crippen LogP contribution in [0.2, 0.25) is 0 Å². The van der Waals surface area contributed by atoms with Crippen molar-refractivity contribution in [2.24, 2.45) is 5.92 Å². The van der Waals surface area contributed by atoms with Gasteiger partial charge >= 0.3 is 6.16 Å². The molecule has 152 valence electrons. The Morgan fingerprint density at radius 2 is 1.96 bits per heavy atom. The van der Waals surface area contributed by atoms with Gasteiger partial charge in [-0.2, -0.15) is 0 Å². The van der Waals surface area contributed by atoms with Crippen molar-refractivity contribution in [1.29, 1.82) is 0 Å². The molecule has 1 saturated heterocycles. The summed E-state index contributed by atoms with van der Waals surface area (Å²) in [7, 11) is 0. The van der Waals surface area contributed by atoms with Gasteiger partial charge in [0.1, 0.15) is 11.9 Å². The van der Waals surface area contributed by atoms with E-state index in [0.29, 0.717) is 11.5 Å². The van der Waals surface area contributed by atoms with Crippen molar-refractivity contribution < 1.29 is 19.0 Å². The maximum atomic E-state index is 11.8. The van der Waals surface area contributed by atoms with Crippen LogP contribution in [0.5, 0.6) is 5.75 Å². The van der Waals surface area contributed by atoms with Crippen molar-refractivity contribution in [3.05, 3.63) is 29.3 Å². The maximum absolute atomic E-state index is 11.8. The van der Waals surface area contributed by atoms with Gasteiger partial charge in [-0.3, -0.25) is 0 Å². The van der Waals surface area contributed by atoms with Crippen molar-refractivity contribution in [3.63, 3.8) is 0 Å². The van der Waals surface area contributed by atoms with E-state index in [1.54, 1.807) is 0 Å². The van der Waals surface area contributed by atoms with Gasteiger partial charge in [-0.25, -0.2) is 4.79 Å². The highest BCUT2D eigenvalue weighted by molar-refractivity contribution is 5.60. The molecule has 5 heteroatoms. The number of fused-ring (bicyclic) bond motifs is 1. The average Bonchev–Trinajstić information content (AvgIpc) is 3.21. The van der Waals surface area contributed by atoms with E-state index in [2.05, 4.69) is 17.4 Å². The predicted molar refractivity (Wildman–Crippen MR) is 106 cm³/mol. The molecule has 4 aliphatic rings. The number of piperidine rings is 1. The van der Waals surface area contributed by atoms with E-state index < -0.39 is 6.16 Å². The summed E-state index contributed by atoms with van der Waals surface area (Å²) in [6.07, 6.45) is 11.2. The van der Waals surface area contributed by atoms with Crippen molar-refractivity contribution >= 4 is 6.16 Å². The standard InChI is InChI=1S/C23H31NO4/c25-22(28-17-5-1-2-6-17)27-15-26-18-9-8-16-13-21-19-7-3-4-10-23(19,11-12-24-21)20(16)14-18/h8-9,14,17,19,21,24H,1-7,10-13,15H2/t19-,21+,23-/m1/s1. The molecule has 0 amide bonds. The highest BCUT2D eigenvalue weighted by Crippen LogP contribution is 2.54. The Bertz CT molecular complexity index is 725. The first-order valence-corrected chi connectivity index (χ1v) is 11.1. The maximum Gasteiger partial charge on any atom is 0.511 e. The SMILES string of the molecule is O=C(OCOc1ccc2c(c1)[C@@]13CCCC[C@@H]1[C@H](C2)NCC3)OC1CCCC1. The first-order valence-electron chi connectivity index (χ1n) is 11.1. The topological polar surface area (TPSA) is 56.8 Å². The predicted octanol–water partition coefficient (Wildman–Crippen LogP) is 4.46. The molecule has 0 aromatic heterocycles. The summed E-state index contributed by atoms with van der Waals surface area (Å²) in [5, 5.41) is 3.77. The lowest BCUT2D eigenvalue weighted by Crippen LogP contribution is -2.59. The number of rotatable bonds is 4. The Labute approximate surface area is 167 Å². The summed E-state index contributed by atoms with van der Waals surface area (Å²) in [4.78, 5) is 11.8. The monoisotopic (exact) mass is 385 g/mol. The lowest BCUT2D eigenvalue weighted by molar-refractivity contribution is -0.0138. The van der Waals surface area contributed by atoms with E-state index in [4.69, 9.17) is 14.2 Å². The van der Waals surface area contributed by atoms with Gasteiger partial charge < -0.3 is 19.5 Å². The Hall–Kier alpha value is -1.75. The number of carbonyl (C=O) groups is 1. The average molecular weight is 386 g/mol. The molecule has 2 bridgehead atoms. The molecular weight excluding hydrogens is 354 g/mol. The minimum absolute atomic E-state index is 0.0198. The van der Waals surface area contributed by atoms with Gasteiger partial charge in [-0.05, 0) is 87.1 Å². The molecule has 5 rings (SSSR count). The molecule has 1 heterocycles. The molecule has 5 nitrogen and oxygen atoms in total. The van der Waals surface area contributed by atoms with E-state index in [1.807, 2.05) is 6.07 Å². The zero-order valence-corrected chi connectivity index (χ0v) is 16.6. The van der Waals surface area contributed by atoms with Crippen molar-refractivity contribution in [3.8, 4) is 5.75 Å². The third-order valence-electron chi connectivity index (χ3n) is 7.59. The number of hydrogen-bond acceptors (Lipinski definition) is 5. The van der Waals surface area contributed by atoms with E-state index in [1.165, 1.54) is 43.2 Å². The Kier molecular flexibility index (Phi) is 4.95. The number of hydrogen-bond donors (Lipinski definition) is 1. The van der Waals surface area contributed by atoms with Crippen molar-refractivity contribution in [2.75, 3.05) is 13.3 Å². The van der Waals surface area contributed by atoms with E-state index in [-0.39, 0.29) is 12.9 Å². The summed E-state index contributed by atoms with van der Waals surface area (Å²) < 4.78 is 16.2. The molecule has 3 fully saturated rings. The Morgan fingerprint density at radius 1 is 1.11 bits per heavy atom. The molecule has 3 aliphatic carbocycles. The summed E-state index contributed by atoms with van der Waals surface area (Å²) in [5.74, 6) is 1.54. The number of benzene rings is 1. The summed E-state index contributed by atoms with van der Waals surface area (Å²) in [5.41, 5.74) is 3.26. The van der Waals surface area contributed by atoms with Crippen LogP contribution < -0.4 is 10.1 Å². The van der Waals surface area contributed by atoms with Gasteiger partial charge in [0.25, 0.3) is 0 Å². The van der Waals surface area contributed by atoms with E-state index in [9.17, 15) is 4.79 Å². The lowest BCUT2D eigenvalue weighted by Gasteiger charge is -2.56. The molecule has 1 aliphatic heterocycles. The summed E-state index contributed by atoms with van der Waals surface area (Å²) >= 11 is 0. The fourth-order valence-electron chi connectivity index (χ4n) is 6.32. The number of ether oxygens (including phenoxy) is 3. The van der Waals surface area contributed by atoms with Crippen LogP contribution in [0.15, 0.2) is 18.2 Å². The molecule has 0 spiro atoms. The van der Waals surface area contributed by atoms with Gasteiger partial charge in [0, 0.05) is 11.5 Å². The molecule has 3 atom stereocenters. The van der Waals surface area contributed by atoms with Gasteiger partial charge in [0.05, 0.1) is 0 Å².